The van der Waals surface area contributed by atoms with Gasteiger partial charge in [0.25, 0.3) is 0 Å². The Balaban J connectivity index is 1.50. The highest BCUT2D eigenvalue weighted by atomic mass is 16.7. The van der Waals surface area contributed by atoms with Crippen molar-refractivity contribution < 1.29 is 14.3 Å². The van der Waals surface area contributed by atoms with Gasteiger partial charge in [0.15, 0.2) is 11.5 Å². The number of hydrogen-bond donors (Lipinski definition) is 1. The molecular weight excluding hydrogens is 268 g/mol. The average Bonchev–Trinajstić information content (AvgIpc) is 3.15. The molecule has 2 aliphatic rings. The first-order valence-corrected chi connectivity index (χ1v) is 7.55. The van der Waals surface area contributed by atoms with Crippen LogP contribution in [0.4, 0.5) is 0 Å². The molecule has 1 fully saturated rings. The maximum absolute atomic E-state index is 12.2. The van der Waals surface area contributed by atoms with E-state index in [1.54, 1.807) is 4.90 Å². The summed E-state index contributed by atoms with van der Waals surface area (Å²) < 4.78 is 10.7. The van der Waals surface area contributed by atoms with E-state index in [-0.39, 0.29) is 12.7 Å². The second-order valence-corrected chi connectivity index (χ2v) is 5.83. The number of fused-ring (bicyclic) bond motifs is 1. The molecule has 0 aliphatic carbocycles. The van der Waals surface area contributed by atoms with Crippen LogP contribution in [0.1, 0.15) is 24.8 Å². The van der Waals surface area contributed by atoms with Crippen LogP contribution >= 0.6 is 0 Å². The summed E-state index contributed by atoms with van der Waals surface area (Å²) in [6, 6.07) is 5.84. The summed E-state index contributed by atoms with van der Waals surface area (Å²) in [4.78, 5) is 14.0. The monoisotopic (exact) mass is 290 g/mol. The van der Waals surface area contributed by atoms with Gasteiger partial charge in [-0.1, -0.05) is 6.07 Å². The molecule has 5 heteroatoms. The van der Waals surface area contributed by atoms with Crippen molar-refractivity contribution in [1.82, 2.24) is 10.2 Å². The second-order valence-electron chi connectivity index (χ2n) is 5.83. The molecule has 1 saturated heterocycles. The lowest BCUT2D eigenvalue weighted by Crippen LogP contribution is -2.26. The lowest BCUT2D eigenvalue weighted by atomic mass is 10.0. The smallest absolute Gasteiger partial charge is 0.231 e. The van der Waals surface area contributed by atoms with E-state index in [2.05, 4.69) is 5.32 Å². The third-order valence-corrected chi connectivity index (χ3v) is 4.21. The SMILES string of the molecule is CN(Cc1ccc2c(c1)OCO2)C(=O)CCC1CCNC1. The Morgan fingerprint density at radius 1 is 1.38 bits per heavy atom. The molecule has 0 bridgehead atoms. The van der Waals surface area contributed by atoms with Crippen LogP contribution < -0.4 is 14.8 Å². The number of nitrogens with one attached hydrogen (secondary N) is 1. The van der Waals surface area contributed by atoms with Gasteiger partial charge < -0.3 is 19.7 Å². The summed E-state index contributed by atoms with van der Waals surface area (Å²) >= 11 is 0. The molecule has 1 unspecified atom stereocenters. The summed E-state index contributed by atoms with van der Waals surface area (Å²) in [5.41, 5.74) is 1.07. The number of benzene rings is 1. The molecule has 1 amide bonds. The van der Waals surface area contributed by atoms with Crippen LogP contribution in [0.3, 0.4) is 0 Å². The van der Waals surface area contributed by atoms with E-state index in [1.807, 2.05) is 25.2 Å². The Morgan fingerprint density at radius 3 is 3.05 bits per heavy atom. The van der Waals surface area contributed by atoms with Crippen molar-refractivity contribution >= 4 is 5.91 Å². The minimum Gasteiger partial charge on any atom is -0.454 e. The zero-order valence-corrected chi connectivity index (χ0v) is 12.4. The predicted molar refractivity (Wildman–Crippen MR) is 79.2 cm³/mol. The molecule has 2 aliphatic heterocycles. The molecule has 0 saturated carbocycles. The van der Waals surface area contributed by atoms with Gasteiger partial charge in [-0.2, -0.15) is 0 Å². The fourth-order valence-corrected chi connectivity index (χ4v) is 2.88. The van der Waals surface area contributed by atoms with E-state index in [4.69, 9.17) is 9.47 Å². The largest absolute Gasteiger partial charge is 0.454 e. The Morgan fingerprint density at radius 2 is 2.24 bits per heavy atom. The summed E-state index contributed by atoms with van der Waals surface area (Å²) in [7, 11) is 1.86. The van der Waals surface area contributed by atoms with Crippen LogP contribution in [0, 0.1) is 5.92 Å². The van der Waals surface area contributed by atoms with Gasteiger partial charge in [-0.3, -0.25) is 4.79 Å². The normalized spacial score (nSPS) is 19.8. The van der Waals surface area contributed by atoms with Crippen LogP contribution in [0.15, 0.2) is 18.2 Å². The Kier molecular flexibility index (Phi) is 4.29. The number of rotatable bonds is 5. The lowest BCUT2D eigenvalue weighted by Gasteiger charge is -2.18. The van der Waals surface area contributed by atoms with E-state index in [0.29, 0.717) is 18.9 Å². The first-order chi connectivity index (χ1) is 10.2. The number of carbonyl (C=O) groups excluding carboxylic acids is 1. The molecule has 5 nitrogen and oxygen atoms in total. The summed E-state index contributed by atoms with van der Waals surface area (Å²) in [6.45, 7) is 3.03. The van der Waals surface area contributed by atoms with Crippen molar-refractivity contribution in [2.75, 3.05) is 26.9 Å². The third-order valence-electron chi connectivity index (χ3n) is 4.21. The summed E-state index contributed by atoms with van der Waals surface area (Å²) in [6.07, 6.45) is 2.81. The molecule has 0 spiro atoms. The van der Waals surface area contributed by atoms with Crippen molar-refractivity contribution in [1.29, 1.82) is 0 Å². The molecular formula is C16H22N2O3. The number of nitrogens with zero attached hydrogens (tertiary/aromatic N) is 1. The molecule has 1 aromatic rings. The third kappa shape index (κ3) is 3.47. The molecule has 1 atom stereocenters. The Bertz CT molecular complexity index is 512. The minimum atomic E-state index is 0.208. The summed E-state index contributed by atoms with van der Waals surface area (Å²) in [5.74, 6) is 2.42. The second kappa shape index (κ2) is 6.35. The van der Waals surface area contributed by atoms with Crippen molar-refractivity contribution in [2.45, 2.75) is 25.8 Å². The minimum absolute atomic E-state index is 0.208. The van der Waals surface area contributed by atoms with E-state index >= 15 is 0 Å². The zero-order valence-electron chi connectivity index (χ0n) is 12.4. The van der Waals surface area contributed by atoms with Crippen LogP contribution in [0.2, 0.25) is 0 Å². The van der Waals surface area contributed by atoms with Gasteiger partial charge in [0.2, 0.25) is 12.7 Å². The van der Waals surface area contributed by atoms with Crippen molar-refractivity contribution in [3.63, 3.8) is 0 Å². The van der Waals surface area contributed by atoms with Gasteiger partial charge in [0.1, 0.15) is 0 Å². The number of hydrogen-bond acceptors (Lipinski definition) is 4. The van der Waals surface area contributed by atoms with Gasteiger partial charge in [-0.15, -0.1) is 0 Å². The summed E-state index contributed by atoms with van der Waals surface area (Å²) in [5, 5.41) is 3.34. The highest BCUT2D eigenvalue weighted by Crippen LogP contribution is 2.32. The first kappa shape index (κ1) is 14.2. The Hall–Kier alpha value is -1.75. The van der Waals surface area contributed by atoms with Gasteiger partial charge in [0, 0.05) is 20.0 Å². The van der Waals surface area contributed by atoms with Crippen LogP contribution in [-0.2, 0) is 11.3 Å². The highest BCUT2D eigenvalue weighted by Gasteiger charge is 2.18. The van der Waals surface area contributed by atoms with Crippen LogP contribution in [0.25, 0.3) is 0 Å². The van der Waals surface area contributed by atoms with E-state index in [1.165, 1.54) is 6.42 Å². The lowest BCUT2D eigenvalue weighted by molar-refractivity contribution is -0.130. The van der Waals surface area contributed by atoms with Crippen molar-refractivity contribution in [3.8, 4) is 11.5 Å². The zero-order chi connectivity index (χ0) is 14.7. The molecule has 21 heavy (non-hydrogen) atoms. The van der Waals surface area contributed by atoms with E-state index in [9.17, 15) is 4.79 Å². The fraction of sp³-hybridized carbons (Fsp3) is 0.562. The van der Waals surface area contributed by atoms with E-state index in [0.717, 1.165) is 36.6 Å². The molecule has 3 rings (SSSR count). The average molecular weight is 290 g/mol. The topological polar surface area (TPSA) is 50.8 Å². The van der Waals surface area contributed by atoms with Crippen LogP contribution in [0.5, 0.6) is 11.5 Å². The van der Waals surface area contributed by atoms with Gasteiger partial charge in [-0.25, -0.2) is 0 Å². The molecule has 0 aromatic heterocycles. The fourth-order valence-electron chi connectivity index (χ4n) is 2.88. The quantitative estimate of drug-likeness (QED) is 0.898. The standard InChI is InChI=1S/C16H22N2O3/c1-18(16(19)5-3-12-6-7-17-9-12)10-13-2-4-14-15(8-13)21-11-20-14/h2,4,8,12,17H,3,5-7,9-11H2,1H3. The predicted octanol–water partition coefficient (Wildman–Crippen LogP) is 1.76. The van der Waals surface area contributed by atoms with Crippen LogP contribution in [-0.4, -0.2) is 37.7 Å². The molecule has 1 aromatic carbocycles. The molecule has 2 heterocycles. The number of carbonyl (C=O) groups is 1. The highest BCUT2D eigenvalue weighted by molar-refractivity contribution is 5.75. The number of amides is 1. The van der Waals surface area contributed by atoms with E-state index < -0.39 is 0 Å². The maximum Gasteiger partial charge on any atom is 0.231 e. The van der Waals surface area contributed by atoms with Gasteiger partial charge in [-0.05, 0) is 49.5 Å². The number of ether oxygens (including phenoxy) is 2. The molecule has 1 N–H and O–H groups in total. The molecule has 114 valence electrons. The van der Waals surface area contributed by atoms with Gasteiger partial charge >= 0.3 is 0 Å². The first-order valence-electron chi connectivity index (χ1n) is 7.55. The van der Waals surface area contributed by atoms with Crippen molar-refractivity contribution in [3.05, 3.63) is 23.8 Å². The Labute approximate surface area is 125 Å². The molecule has 0 radical (unpaired) electrons. The van der Waals surface area contributed by atoms with Crippen molar-refractivity contribution in [2.24, 2.45) is 5.92 Å². The van der Waals surface area contributed by atoms with Gasteiger partial charge in [0.05, 0.1) is 0 Å². The maximum atomic E-state index is 12.2.